The Bertz CT molecular complexity index is 705. The van der Waals surface area contributed by atoms with Gasteiger partial charge in [0, 0.05) is 23.9 Å². The Morgan fingerprint density at radius 3 is 1.88 bits per heavy atom. The van der Waals surface area contributed by atoms with Crippen molar-refractivity contribution in [3.63, 3.8) is 0 Å². The van der Waals surface area contributed by atoms with E-state index in [0.29, 0.717) is 28.6 Å². The van der Waals surface area contributed by atoms with E-state index in [4.69, 9.17) is 19.9 Å². The molecule has 0 spiro atoms. The molecule has 0 aliphatic heterocycles. The molecule has 134 valence electrons. The van der Waals surface area contributed by atoms with Crippen LogP contribution in [-0.2, 0) is 0 Å². The third-order valence-electron chi connectivity index (χ3n) is 3.62. The average Bonchev–Trinajstić information content (AvgIpc) is 2.61. The Morgan fingerprint density at radius 2 is 1.44 bits per heavy atom. The van der Waals surface area contributed by atoms with E-state index in [1.165, 1.54) is 21.3 Å². The molecular weight excluding hydrogens is 322 g/mol. The summed E-state index contributed by atoms with van der Waals surface area (Å²) < 4.78 is 15.8. The van der Waals surface area contributed by atoms with Crippen LogP contribution in [0.3, 0.4) is 0 Å². The lowest BCUT2D eigenvalue weighted by molar-refractivity contribution is 0.262. The number of rotatable bonds is 6. The van der Waals surface area contributed by atoms with Crippen LogP contribution < -0.4 is 30.6 Å². The SMILES string of the molecule is COc1cc(NC(=O)Nc2ccc(C(C)N)cc2)cc(OC)c1OC. The molecule has 1 atom stereocenters. The average molecular weight is 345 g/mol. The Balaban J connectivity index is 2.12. The lowest BCUT2D eigenvalue weighted by Gasteiger charge is -2.15. The van der Waals surface area contributed by atoms with Gasteiger partial charge in [0.2, 0.25) is 5.75 Å². The van der Waals surface area contributed by atoms with E-state index >= 15 is 0 Å². The first-order valence-corrected chi connectivity index (χ1v) is 7.72. The van der Waals surface area contributed by atoms with E-state index < -0.39 is 0 Å². The van der Waals surface area contributed by atoms with Gasteiger partial charge in [-0.15, -0.1) is 0 Å². The van der Waals surface area contributed by atoms with Gasteiger partial charge in [0.05, 0.1) is 27.0 Å². The first kappa shape index (κ1) is 18.4. The van der Waals surface area contributed by atoms with Gasteiger partial charge >= 0.3 is 6.03 Å². The molecule has 0 bridgehead atoms. The maximum atomic E-state index is 12.2. The molecule has 0 heterocycles. The van der Waals surface area contributed by atoms with Crippen LogP contribution in [0, 0.1) is 0 Å². The summed E-state index contributed by atoms with van der Waals surface area (Å²) in [5, 5.41) is 5.49. The molecule has 0 aromatic heterocycles. The van der Waals surface area contributed by atoms with Crippen molar-refractivity contribution in [3.8, 4) is 17.2 Å². The molecule has 0 aliphatic rings. The molecule has 0 saturated carbocycles. The summed E-state index contributed by atoms with van der Waals surface area (Å²) >= 11 is 0. The first-order valence-electron chi connectivity index (χ1n) is 7.72. The summed E-state index contributed by atoms with van der Waals surface area (Å²) in [5.41, 5.74) is 7.98. The number of anilines is 2. The predicted octanol–water partition coefficient (Wildman–Crippen LogP) is 3.38. The van der Waals surface area contributed by atoms with Crippen LogP contribution in [0.25, 0.3) is 0 Å². The Labute approximate surface area is 147 Å². The van der Waals surface area contributed by atoms with Gasteiger partial charge in [0.1, 0.15) is 0 Å². The minimum Gasteiger partial charge on any atom is -0.493 e. The van der Waals surface area contributed by atoms with Gasteiger partial charge in [-0.25, -0.2) is 4.79 Å². The van der Waals surface area contributed by atoms with E-state index in [2.05, 4.69) is 10.6 Å². The normalized spacial score (nSPS) is 11.4. The number of hydrogen-bond acceptors (Lipinski definition) is 5. The summed E-state index contributed by atoms with van der Waals surface area (Å²) in [6, 6.07) is 10.2. The number of hydrogen-bond donors (Lipinski definition) is 3. The lowest BCUT2D eigenvalue weighted by Crippen LogP contribution is -2.19. The highest BCUT2D eigenvalue weighted by Gasteiger charge is 2.14. The molecule has 0 fully saturated rings. The standard InChI is InChI=1S/C18H23N3O4/c1-11(19)12-5-7-13(8-6-12)20-18(22)21-14-9-15(23-2)17(25-4)16(10-14)24-3/h5-11H,19H2,1-4H3,(H2,20,21,22). The van der Waals surface area contributed by atoms with Crippen LogP contribution in [0.2, 0.25) is 0 Å². The number of carbonyl (C=O) groups is 1. The molecule has 7 heteroatoms. The number of ether oxygens (including phenoxy) is 3. The summed E-state index contributed by atoms with van der Waals surface area (Å²) in [6.07, 6.45) is 0. The van der Waals surface area contributed by atoms with Gasteiger partial charge in [-0.05, 0) is 24.6 Å². The fourth-order valence-electron chi connectivity index (χ4n) is 2.32. The van der Waals surface area contributed by atoms with E-state index in [9.17, 15) is 4.79 Å². The molecule has 2 rings (SSSR count). The number of methoxy groups -OCH3 is 3. The molecule has 7 nitrogen and oxygen atoms in total. The van der Waals surface area contributed by atoms with Gasteiger partial charge in [-0.2, -0.15) is 0 Å². The number of nitrogens with two attached hydrogens (primary N) is 1. The van der Waals surface area contributed by atoms with E-state index in [1.807, 2.05) is 19.1 Å². The Morgan fingerprint density at radius 1 is 0.920 bits per heavy atom. The van der Waals surface area contributed by atoms with Crippen LogP contribution in [0.1, 0.15) is 18.5 Å². The zero-order chi connectivity index (χ0) is 18.4. The van der Waals surface area contributed by atoms with E-state index in [-0.39, 0.29) is 12.1 Å². The molecule has 2 aromatic carbocycles. The molecule has 0 radical (unpaired) electrons. The number of amides is 2. The molecule has 0 saturated heterocycles. The second-order valence-electron chi connectivity index (χ2n) is 5.40. The van der Waals surface area contributed by atoms with Crippen molar-refractivity contribution in [2.45, 2.75) is 13.0 Å². The zero-order valence-electron chi connectivity index (χ0n) is 14.8. The maximum absolute atomic E-state index is 12.2. The maximum Gasteiger partial charge on any atom is 0.323 e. The van der Waals surface area contributed by atoms with Crippen LogP contribution >= 0.6 is 0 Å². The third-order valence-corrected chi connectivity index (χ3v) is 3.62. The second-order valence-corrected chi connectivity index (χ2v) is 5.40. The second kappa shape index (κ2) is 8.25. The van der Waals surface area contributed by atoms with Crippen LogP contribution in [-0.4, -0.2) is 27.4 Å². The largest absolute Gasteiger partial charge is 0.493 e. The van der Waals surface area contributed by atoms with Crippen LogP contribution in [0.4, 0.5) is 16.2 Å². The number of nitrogens with one attached hydrogen (secondary N) is 2. The van der Waals surface area contributed by atoms with Crippen molar-refractivity contribution in [2.75, 3.05) is 32.0 Å². The molecule has 2 amide bonds. The number of benzene rings is 2. The smallest absolute Gasteiger partial charge is 0.323 e. The van der Waals surface area contributed by atoms with Crippen molar-refractivity contribution in [2.24, 2.45) is 5.73 Å². The minimum atomic E-state index is -0.386. The molecule has 1 unspecified atom stereocenters. The van der Waals surface area contributed by atoms with Crippen molar-refractivity contribution >= 4 is 17.4 Å². The van der Waals surface area contributed by atoms with Crippen molar-refractivity contribution in [1.82, 2.24) is 0 Å². The molecular formula is C18H23N3O4. The highest BCUT2D eigenvalue weighted by Crippen LogP contribution is 2.39. The summed E-state index contributed by atoms with van der Waals surface area (Å²) in [4.78, 5) is 12.2. The summed E-state index contributed by atoms with van der Waals surface area (Å²) in [5.74, 6) is 1.37. The van der Waals surface area contributed by atoms with Gasteiger partial charge in [0.15, 0.2) is 11.5 Å². The number of carbonyl (C=O) groups excluding carboxylic acids is 1. The Hall–Kier alpha value is -2.93. The van der Waals surface area contributed by atoms with Gasteiger partial charge in [-0.1, -0.05) is 12.1 Å². The van der Waals surface area contributed by atoms with Gasteiger partial charge < -0.3 is 30.6 Å². The third kappa shape index (κ3) is 4.54. The molecule has 0 aliphatic carbocycles. The van der Waals surface area contributed by atoms with Crippen molar-refractivity contribution in [3.05, 3.63) is 42.0 Å². The highest BCUT2D eigenvalue weighted by atomic mass is 16.5. The van der Waals surface area contributed by atoms with E-state index in [0.717, 1.165) is 5.56 Å². The molecule has 2 aromatic rings. The molecule has 4 N–H and O–H groups in total. The van der Waals surface area contributed by atoms with Crippen molar-refractivity contribution < 1.29 is 19.0 Å². The highest BCUT2D eigenvalue weighted by molar-refractivity contribution is 6.00. The van der Waals surface area contributed by atoms with Gasteiger partial charge in [-0.3, -0.25) is 0 Å². The predicted molar refractivity (Wildman–Crippen MR) is 97.8 cm³/mol. The van der Waals surface area contributed by atoms with Crippen LogP contribution in [0.15, 0.2) is 36.4 Å². The van der Waals surface area contributed by atoms with Crippen LogP contribution in [0.5, 0.6) is 17.2 Å². The Kier molecular flexibility index (Phi) is 6.08. The molecule has 25 heavy (non-hydrogen) atoms. The van der Waals surface area contributed by atoms with E-state index in [1.54, 1.807) is 24.3 Å². The summed E-state index contributed by atoms with van der Waals surface area (Å²) in [7, 11) is 4.55. The monoisotopic (exact) mass is 345 g/mol. The lowest BCUT2D eigenvalue weighted by atomic mass is 10.1. The quantitative estimate of drug-likeness (QED) is 0.746. The van der Waals surface area contributed by atoms with Crippen molar-refractivity contribution in [1.29, 1.82) is 0 Å². The first-order chi connectivity index (χ1) is 12.0. The fraction of sp³-hybridized carbons (Fsp3) is 0.278. The topological polar surface area (TPSA) is 94.8 Å². The minimum absolute atomic E-state index is 0.0536. The zero-order valence-corrected chi connectivity index (χ0v) is 14.8. The number of urea groups is 1. The fourth-order valence-corrected chi connectivity index (χ4v) is 2.32. The summed E-state index contributed by atoms with van der Waals surface area (Å²) in [6.45, 7) is 1.90. The van der Waals surface area contributed by atoms with Gasteiger partial charge in [0.25, 0.3) is 0 Å².